The van der Waals surface area contributed by atoms with Crippen LogP contribution in [0.25, 0.3) is 5.73 Å². The van der Waals surface area contributed by atoms with E-state index in [0.717, 1.165) is 0 Å². The first-order valence-electron chi connectivity index (χ1n) is 1.12. The van der Waals surface area contributed by atoms with Crippen LogP contribution in [0.15, 0.2) is 0 Å². The molecule has 6 heavy (non-hydrogen) atoms. The normalized spacial score (nSPS) is 6.17. The molecular formula is C2H4NNaOS. The van der Waals surface area contributed by atoms with Crippen molar-refractivity contribution in [3.8, 4) is 0 Å². The third-order valence-corrected chi connectivity index (χ3v) is 0.431. The Morgan fingerprint density at radius 2 is 2.00 bits per heavy atom. The second-order valence-electron chi connectivity index (χ2n) is 0.581. The van der Waals surface area contributed by atoms with Gasteiger partial charge in [0.05, 0.1) is 5.91 Å². The first-order valence-corrected chi connectivity index (χ1v) is 1.76. The average Bonchev–Trinajstić information content (AvgIpc) is 1.38. The largest absolute Gasteiger partial charge is 1.00 e. The SMILES string of the molecule is [NH-]C(=O)CS.[Na+]. The van der Waals surface area contributed by atoms with Crippen molar-refractivity contribution < 1.29 is 34.4 Å². The van der Waals surface area contributed by atoms with Crippen molar-refractivity contribution in [1.29, 1.82) is 0 Å². The molecule has 1 amide bonds. The Balaban J connectivity index is 0. The Morgan fingerprint density at radius 1 is 1.83 bits per heavy atom. The summed E-state index contributed by atoms with van der Waals surface area (Å²) in [6.07, 6.45) is 0. The van der Waals surface area contributed by atoms with Gasteiger partial charge in [0.15, 0.2) is 0 Å². The van der Waals surface area contributed by atoms with Gasteiger partial charge in [0.2, 0.25) is 0 Å². The van der Waals surface area contributed by atoms with E-state index in [1.807, 2.05) is 0 Å². The van der Waals surface area contributed by atoms with Crippen LogP contribution in [0.5, 0.6) is 0 Å². The molecular weight excluding hydrogens is 109 g/mol. The van der Waals surface area contributed by atoms with Crippen molar-refractivity contribution in [1.82, 2.24) is 0 Å². The molecule has 0 aliphatic carbocycles. The van der Waals surface area contributed by atoms with Crippen molar-refractivity contribution in [2.24, 2.45) is 0 Å². The molecule has 0 heterocycles. The van der Waals surface area contributed by atoms with Crippen LogP contribution in [0.2, 0.25) is 0 Å². The molecule has 4 heteroatoms. The Labute approximate surface area is 64.2 Å². The molecule has 0 saturated heterocycles. The molecule has 0 rings (SSSR count). The molecule has 0 unspecified atom stereocenters. The summed E-state index contributed by atoms with van der Waals surface area (Å²) in [6.45, 7) is 0. The average molecular weight is 113 g/mol. The first-order chi connectivity index (χ1) is 2.27. The zero-order valence-electron chi connectivity index (χ0n) is 3.56. The standard InChI is InChI=1S/C2H5NOS.Na/c3-2(4)1-5;/h1H2,(H3,3,4,5);/q;+1/p-1. The number of nitrogens with one attached hydrogen (secondary N) is 1. The molecule has 0 aliphatic rings. The predicted octanol–water partition coefficient (Wildman–Crippen LogP) is -2.50. The van der Waals surface area contributed by atoms with Crippen molar-refractivity contribution in [2.45, 2.75) is 0 Å². The van der Waals surface area contributed by atoms with Gasteiger partial charge in [-0.15, -0.1) is 0 Å². The monoisotopic (exact) mass is 113 g/mol. The minimum Gasteiger partial charge on any atom is -0.667 e. The second-order valence-corrected chi connectivity index (χ2v) is 0.898. The van der Waals surface area contributed by atoms with E-state index >= 15 is 0 Å². The summed E-state index contributed by atoms with van der Waals surface area (Å²) >= 11 is 3.48. The van der Waals surface area contributed by atoms with Crippen LogP contribution in [-0.2, 0) is 4.79 Å². The number of amides is 1. The number of hydrogen-bond donors (Lipinski definition) is 1. The maximum absolute atomic E-state index is 9.40. The Kier molecular flexibility index (Phi) is 9.65. The quantitative estimate of drug-likeness (QED) is 0.296. The summed E-state index contributed by atoms with van der Waals surface area (Å²) in [5.74, 6) is -0.603. The molecule has 0 radical (unpaired) electrons. The maximum atomic E-state index is 9.40. The van der Waals surface area contributed by atoms with E-state index in [9.17, 15) is 4.79 Å². The number of hydrogen-bond acceptors (Lipinski definition) is 2. The molecule has 0 atom stereocenters. The third-order valence-electron chi connectivity index (χ3n) is 0.144. The molecule has 0 aliphatic heterocycles. The van der Waals surface area contributed by atoms with Crippen LogP contribution in [0.3, 0.4) is 0 Å². The van der Waals surface area contributed by atoms with E-state index in [4.69, 9.17) is 5.73 Å². The van der Waals surface area contributed by atoms with Crippen LogP contribution in [0.4, 0.5) is 0 Å². The zero-order valence-corrected chi connectivity index (χ0v) is 6.46. The summed E-state index contributed by atoms with van der Waals surface area (Å²) < 4.78 is 0. The van der Waals surface area contributed by atoms with Crippen molar-refractivity contribution >= 4 is 18.5 Å². The van der Waals surface area contributed by atoms with Crippen LogP contribution in [-0.4, -0.2) is 11.7 Å². The number of rotatable bonds is 1. The molecule has 0 fully saturated rings. The van der Waals surface area contributed by atoms with Gasteiger partial charge in [0.1, 0.15) is 0 Å². The fourth-order valence-electron chi connectivity index (χ4n) is 0. The van der Waals surface area contributed by atoms with Gasteiger partial charge in [-0.3, -0.25) is 0 Å². The van der Waals surface area contributed by atoms with Crippen molar-refractivity contribution in [3.05, 3.63) is 5.73 Å². The van der Waals surface area contributed by atoms with Gasteiger partial charge in [0.25, 0.3) is 0 Å². The topological polar surface area (TPSA) is 40.9 Å². The minimum absolute atomic E-state index is 0. The van der Waals surface area contributed by atoms with Gasteiger partial charge in [0, 0.05) is 5.75 Å². The smallest absolute Gasteiger partial charge is 0.667 e. The van der Waals surface area contributed by atoms with E-state index in [1.165, 1.54) is 0 Å². The Hall–Kier alpha value is 0.820. The van der Waals surface area contributed by atoms with E-state index in [-0.39, 0.29) is 35.3 Å². The van der Waals surface area contributed by atoms with E-state index in [1.54, 1.807) is 0 Å². The summed E-state index contributed by atoms with van der Waals surface area (Å²) in [5, 5.41) is 0. The Bertz CT molecular complexity index is 48.8. The maximum Gasteiger partial charge on any atom is 1.00 e. The van der Waals surface area contributed by atoms with E-state index in [2.05, 4.69) is 12.6 Å². The van der Waals surface area contributed by atoms with Gasteiger partial charge in [-0.05, 0) is 0 Å². The Morgan fingerprint density at radius 3 is 2.00 bits per heavy atom. The summed E-state index contributed by atoms with van der Waals surface area (Å²) in [4.78, 5) is 9.40. The van der Waals surface area contributed by atoms with Crippen LogP contribution in [0.1, 0.15) is 0 Å². The fourth-order valence-corrected chi connectivity index (χ4v) is 0. The number of carbonyl (C=O) groups excluding carboxylic acids is 1. The molecule has 0 aromatic heterocycles. The van der Waals surface area contributed by atoms with Gasteiger partial charge >= 0.3 is 29.6 Å². The first kappa shape index (κ1) is 9.94. The number of carbonyl (C=O) groups is 1. The van der Waals surface area contributed by atoms with Crippen LogP contribution in [0, 0.1) is 0 Å². The fraction of sp³-hybridized carbons (Fsp3) is 0.500. The molecule has 0 bridgehead atoms. The van der Waals surface area contributed by atoms with Gasteiger partial charge in [-0.2, -0.15) is 12.6 Å². The molecule has 0 aromatic rings. The molecule has 2 nitrogen and oxygen atoms in total. The molecule has 0 saturated carbocycles. The molecule has 1 N–H and O–H groups in total. The van der Waals surface area contributed by atoms with E-state index < -0.39 is 5.91 Å². The van der Waals surface area contributed by atoms with Crippen molar-refractivity contribution in [3.63, 3.8) is 0 Å². The van der Waals surface area contributed by atoms with Crippen LogP contribution >= 0.6 is 12.6 Å². The van der Waals surface area contributed by atoms with Gasteiger partial charge in [-0.25, -0.2) is 0 Å². The van der Waals surface area contributed by atoms with Crippen LogP contribution < -0.4 is 29.6 Å². The third kappa shape index (κ3) is 8.84. The molecule has 30 valence electrons. The molecule has 0 aromatic carbocycles. The molecule has 0 spiro atoms. The summed E-state index contributed by atoms with van der Waals surface area (Å²) in [6, 6.07) is 0. The van der Waals surface area contributed by atoms with Gasteiger partial charge < -0.3 is 10.5 Å². The van der Waals surface area contributed by atoms with Crippen molar-refractivity contribution in [2.75, 3.05) is 5.75 Å². The summed E-state index contributed by atoms with van der Waals surface area (Å²) in [7, 11) is 0. The summed E-state index contributed by atoms with van der Waals surface area (Å²) in [5.41, 5.74) is 6.11. The second kappa shape index (κ2) is 5.82. The van der Waals surface area contributed by atoms with Gasteiger partial charge in [-0.1, -0.05) is 0 Å². The van der Waals surface area contributed by atoms with E-state index in [0.29, 0.717) is 0 Å². The minimum atomic E-state index is -0.631. The predicted molar refractivity (Wildman–Crippen MR) is 23.2 cm³/mol. The number of thiol groups is 1. The zero-order chi connectivity index (χ0) is 4.28.